The first-order valence-corrected chi connectivity index (χ1v) is 11.2. The van der Waals surface area contributed by atoms with Crippen molar-refractivity contribution in [3.05, 3.63) is 53.0 Å². The van der Waals surface area contributed by atoms with E-state index in [0.717, 1.165) is 55.8 Å². The van der Waals surface area contributed by atoms with Crippen LogP contribution in [-0.2, 0) is 11.3 Å². The monoisotopic (exact) mass is 415 g/mol. The number of aliphatic imine (C=N–C) groups is 1. The maximum atomic E-state index is 6.34. The van der Waals surface area contributed by atoms with Crippen molar-refractivity contribution in [3.8, 4) is 0 Å². The Bertz CT molecular complexity index is 767. The molecule has 2 heterocycles. The minimum atomic E-state index is 0.0322. The van der Waals surface area contributed by atoms with Crippen LogP contribution in [0.15, 0.2) is 41.7 Å². The van der Waals surface area contributed by atoms with Gasteiger partial charge in [0, 0.05) is 36.7 Å². The van der Waals surface area contributed by atoms with Crippen LogP contribution in [-0.4, -0.2) is 30.0 Å². The summed E-state index contributed by atoms with van der Waals surface area (Å²) in [6.07, 6.45) is 15.7. The Hall–Kier alpha value is -1.49. The fraction of sp³-hybridized carbons (Fsp3) is 0.583. The SMILES string of the molecule is C=C/C=C(\N=CC)[C@]1(CCNCc2cnc(Cl)c(C)c2)CCOC2(CCCC2)C1. The van der Waals surface area contributed by atoms with Gasteiger partial charge in [0.1, 0.15) is 5.15 Å². The van der Waals surface area contributed by atoms with Crippen LogP contribution in [0, 0.1) is 12.3 Å². The van der Waals surface area contributed by atoms with Crippen LogP contribution in [0.1, 0.15) is 63.0 Å². The first-order valence-electron chi connectivity index (χ1n) is 10.8. The number of nitrogens with zero attached hydrogens (tertiary/aromatic N) is 2. The third kappa shape index (κ3) is 5.36. The maximum Gasteiger partial charge on any atom is 0.131 e. The van der Waals surface area contributed by atoms with Gasteiger partial charge in [0.2, 0.25) is 0 Å². The number of hydrogen-bond donors (Lipinski definition) is 1. The molecule has 1 spiro atoms. The quantitative estimate of drug-likeness (QED) is 0.253. The predicted octanol–water partition coefficient (Wildman–Crippen LogP) is 5.79. The molecule has 0 unspecified atom stereocenters. The lowest BCUT2D eigenvalue weighted by atomic mass is 9.68. The third-order valence-corrected chi connectivity index (χ3v) is 6.83. The molecule has 158 valence electrons. The second-order valence-corrected chi connectivity index (χ2v) is 8.86. The molecule has 4 nitrogen and oxygen atoms in total. The van der Waals surface area contributed by atoms with Crippen molar-refractivity contribution in [1.29, 1.82) is 0 Å². The molecule has 2 fully saturated rings. The van der Waals surface area contributed by atoms with Gasteiger partial charge in [-0.2, -0.15) is 0 Å². The molecule has 2 aliphatic rings. The Morgan fingerprint density at radius 2 is 2.17 bits per heavy atom. The topological polar surface area (TPSA) is 46.5 Å². The van der Waals surface area contributed by atoms with Gasteiger partial charge in [-0.05, 0) is 69.7 Å². The van der Waals surface area contributed by atoms with E-state index in [2.05, 4.69) is 29.0 Å². The highest BCUT2D eigenvalue weighted by atomic mass is 35.5. The average molecular weight is 416 g/mol. The highest BCUT2D eigenvalue weighted by Gasteiger charge is 2.48. The lowest BCUT2D eigenvalue weighted by molar-refractivity contribution is -0.115. The van der Waals surface area contributed by atoms with E-state index < -0.39 is 0 Å². The number of halogens is 1. The smallest absolute Gasteiger partial charge is 0.131 e. The van der Waals surface area contributed by atoms with Crippen molar-refractivity contribution in [2.75, 3.05) is 13.2 Å². The lowest BCUT2D eigenvalue weighted by Gasteiger charge is -2.47. The predicted molar refractivity (Wildman–Crippen MR) is 122 cm³/mol. The Morgan fingerprint density at radius 1 is 1.38 bits per heavy atom. The summed E-state index contributed by atoms with van der Waals surface area (Å²) in [7, 11) is 0. The largest absolute Gasteiger partial charge is 0.375 e. The van der Waals surface area contributed by atoms with E-state index >= 15 is 0 Å². The molecule has 1 aliphatic heterocycles. The summed E-state index contributed by atoms with van der Waals surface area (Å²) >= 11 is 6.04. The van der Waals surface area contributed by atoms with Crippen LogP contribution in [0.3, 0.4) is 0 Å². The van der Waals surface area contributed by atoms with E-state index in [1.54, 1.807) is 0 Å². The molecular formula is C24H34ClN3O. The summed E-state index contributed by atoms with van der Waals surface area (Å²) in [5, 5.41) is 4.19. The van der Waals surface area contributed by atoms with E-state index in [1.165, 1.54) is 25.7 Å². The zero-order valence-corrected chi connectivity index (χ0v) is 18.6. The molecule has 1 saturated heterocycles. The highest BCUT2D eigenvalue weighted by Crippen LogP contribution is 2.52. The van der Waals surface area contributed by atoms with Crippen LogP contribution in [0.5, 0.6) is 0 Å². The van der Waals surface area contributed by atoms with Crippen molar-refractivity contribution in [1.82, 2.24) is 10.3 Å². The van der Waals surface area contributed by atoms with Gasteiger partial charge in [-0.1, -0.05) is 43.2 Å². The summed E-state index contributed by atoms with van der Waals surface area (Å²) < 4.78 is 6.34. The number of hydrogen-bond acceptors (Lipinski definition) is 4. The molecule has 29 heavy (non-hydrogen) atoms. The van der Waals surface area contributed by atoms with Gasteiger partial charge in [0.15, 0.2) is 0 Å². The molecule has 1 aliphatic carbocycles. The van der Waals surface area contributed by atoms with Gasteiger partial charge in [0.05, 0.1) is 5.60 Å². The number of allylic oxidation sites excluding steroid dienone is 3. The fourth-order valence-electron chi connectivity index (χ4n) is 5.00. The van der Waals surface area contributed by atoms with Gasteiger partial charge < -0.3 is 10.1 Å². The second kappa shape index (κ2) is 10.0. The van der Waals surface area contributed by atoms with Crippen molar-refractivity contribution in [3.63, 3.8) is 0 Å². The summed E-state index contributed by atoms with van der Waals surface area (Å²) in [4.78, 5) is 9.03. The number of rotatable bonds is 8. The first kappa shape index (κ1) is 22.2. The maximum absolute atomic E-state index is 6.34. The highest BCUT2D eigenvalue weighted by molar-refractivity contribution is 6.30. The minimum absolute atomic E-state index is 0.0322. The second-order valence-electron chi connectivity index (χ2n) is 8.50. The summed E-state index contributed by atoms with van der Waals surface area (Å²) in [5.74, 6) is 0. The van der Waals surface area contributed by atoms with Crippen molar-refractivity contribution in [2.45, 2.75) is 70.9 Å². The molecule has 0 aromatic carbocycles. The summed E-state index contributed by atoms with van der Waals surface area (Å²) in [6.45, 7) is 10.4. The molecule has 0 radical (unpaired) electrons. The molecule has 1 aromatic heterocycles. The van der Waals surface area contributed by atoms with Crippen LogP contribution in [0.2, 0.25) is 5.15 Å². The van der Waals surface area contributed by atoms with Crippen LogP contribution >= 0.6 is 11.6 Å². The zero-order chi connectivity index (χ0) is 20.7. The van der Waals surface area contributed by atoms with Gasteiger partial charge in [-0.3, -0.25) is 4.99 Å². The molecule has 1 aromatic rings. The molecule has 3 rings (SSSR count). The van der Waals surface area contributed by atoms with E-state index in [1.807, 2.05) is 32.3 Å². The van der Waals surface area contributed by atoms with Gasteiger partial charge >= 0.3 is 0 Å². The Kier molecular flexibility index (Phi) is 7.66. The molecule has 1 saturated carbocycles. The minimum Gasteiger partial charge on any atom is -0.375 e. The first-order chi connectivity index (χ1) is 14.0. The number of nitrogens with one attached hydrogen (secondary N) is 1. The van der Waals surface area contributed by atoms with Crippen molar-refractivity contribution in [2.24, 2.45) is 10.4 Å². The average Bonchev–Trinajstić information content (AvgIpc) is 3.15. The van der Waals surface area contributed by atoms with Gasteiger partial charge in [-0.15, -0.1) is 0 Å². The number of aromatic nitrogens is 1. The Morgan fingerprint density at radius 3 is 2.86 bits per heavy atom. The number of aryl methyl sites for hydroxylation is 1. The van der Waals surface area contributed by atoms with Crippen LogP contribution < -0.4 is 5.32 Å². The van der Waals surface area contributed by atoms with E-state index in [0.29, 0.717) is 5.15 Å². The van der Waals surface area contributed by atoms with E-state index in [9.17, 15) is 0 Å². The van der Waals surface area contributed by atoms with Crippen molar-refractivity contribution >= 4 is 17.8 Å². The van der Waals surface area contributed by atoms with Gasteiger partial charge in [-0.25, -0.2) is 4.98 Å². The fourth-order valence-corrected chi connectivity index (χ4v) is 5.10. The third-order valence-electron chi connectivity index (χ3n) is 6.43. The van der Waals surface area contributed by atoms with Crippen LogP contribution in [0.4, 0.5) is 0 Å². The van der Waals surface area contributed by atoms with Crippen molar-refractivity contribution < 1.29 is 4.74 Å². The zero-order valence-electron chi connectivity index (χ0n) is 17.8. The molecule has 5 heteroatoms. The molecule has 0 amide bonds. The van der Waals surface area contributed by atoms with Crippen LogP contribution in [0.25, 0.3) is 0 Å². The van der Waals surface area contributed by atoms with E-state index in [4.69, 9.17) is 21.3 Å². The molecule has 1 N–H and O–H groups in total. The lowest BCUT2D eigenvalue weighted by Crippen LogP contribution is -2.45. The standard InChI is InChI=1S/C24H34ClN3O/c1-4-8-21(27-5-2)23(12-14-29-24(18-23)9-6-7-10-24)11-13-26-16-20-15-19(3)22(25)28-17-20/h4-5,8,15,17,26H,1,6-7,9-14,16,18H2,2-3H3/b21-8-,27-5?/t23-/m1/s1. The number of pyridine rings is 1. The summed E-state index contributed by atoms with van der Waals surface area (Å²) in [6, 6.07) is 2.10. The molecule has 0 bridgehead atoms. The summed E-state index contributed by atoms with van der Waals surface area (Å²) in [5.41, 5.74) is 3.40. The normalized spacial score (nSPS) is 24.4. The number of ether oxygens (including phenoxy) is 1. The molecular weight excluding hydrogens is 382 g/mol. The Balaban J connectivity index is 1.72. The Labute approximate surface area is 180 Å². The van der Waals surface area contributed by atoms with E-state index in [-0.39, 0.29) is 11.0 Å². The van der Waals surface area contributed by atoms with Gasteiger partial charge in [0.25, 0.3) is 0 Å². The molecule has 1 atom stereocenters.